The number of fused-ring (bicyclic) bond motifs is 1. The Morgan fingerprint density at radius 3 is 2.73 bits per heavy atom. The van der Waals surface area contributed by atoms with E-state index in [2.05, 4.69) is 12.1 Å². The van der Waals surface area contributed by atoms with Gasteiger partial charge in [-0.1, -0.05) is 31.2 Å². The van der Waals surface area contributed by atoms with Crippen molar-refractivity contribution in [2.24, 2.45) is 11.8 Å². The van der Waals surface area contributed by atoms with Gasteiger partial charge in [0.25, 0.3) is 0 Å². The maximum atomic E-state index is 12.9. The molecule has 4 nitrogen and oxygen atoms in total. The van der Waals surface area contributed by atoms with Crippen molar-refractivity contribution < 1.29 is 14.7 Å². The average molecular weight is 301 g/mol. The summed E-state index contributed by atoms with van der Waals surface area (Å²) in [5, 5.41) is 9.21. The van der Waals surface area contributed by atoms with E-state index in [9.17, 15) is 14.7 Å². The molecule has 0 saturated carbocycles. The second-order valence-corrected chi connectivity index (χ2v) is 6.64. The summed E-state index contributed by atoms with van der Waals surface area (Å²) in [6.07, 6.45) is 3.58. The van der Waals surface area contributed by atoms with Gasteiger partial charge in [-0.2, -0.15) is 0 Å². The van der Waals surface area contributed by atoms with Gasteiger partial charge in [-0.05, 0) is 42.7 Å². The first-order valence-corrected chi connectivity index (χ1v) is 8.17. The first-order chi connectivity index (χ1) is 10.6. The van der Waals surface area contributed by atoms with Gasteiger partial charge in [-0.3, -0.25) is 9.59 Å². The van der Waals surface area contributed by atoms with Gasteiger partial charge in [-0.25, -0.2) is 0 Å². The standard InChI is InChI=1S/C18H23NO3/c1-12-11-19(10-9-14(12)18(21)22)17(20)16-8-4-6-13-5-2-3-7-15(13)16/h2-3,5,7,12,14,16H,4,6,8-11H2,1H3,(H,21,22). The fraction of sp³-hybridized carbons (Fsp3) is 0.556. The lowest BCUT2D eigenvalue weighted by Crippen LogP contribution is -2.47. The molecule has 1 N–H and O–H groups in total. The van der Waals surface area contributed by atoms with Crippen molar-refractivity contribution in [2.45, 2.75) is 38.5 Å². The number of carbonyl (C=O) groups is 2. The van der Waals surface area contributed by atoms with Crippen LogP contribution in [0.2, 0.25) is 0 Å². The second kappa shape index (κ2) is 6.11. The highest BCUT2D eigenvalue weighted by Gasteiger charge is 2.36. The fourth-order valence-electron chi connectivity index (χ4n) is 3.94. The van der Waals surface area contributed by atoms with Gasteiger partial charge in [0, 0.05) is 13.1 Å². The number of nitrogens with zero attached hydrogens (tertiary/aromatic N) is 1. The molecule has 1 fully saturated rings. The van der Waals surface area contributed by atoms with Crippen LogP contribution in [0, 0.1) is 11.8 Å². The van der Waals surface area contributed by atoms with Crippen LogP contribution in [0.4, 0.5) is 0 Å². The molecule has 0 spiro atoms. The number of hydrogen-bond donors (Lipinski definition) is 1. The Kier molecular flexibility index (Phi) is 4.19. The van der Waals surface area contributed by atoms with Crippen LogP contribution in [0.25, 0.3) is 0 Å². The van der Waals surface area contributed by atoms with Crippen LogP contribution < -0.4 is 0 Å². The van der Waals surface area contributed by atoms with Crippen LogP contribution in [0.5, 0.6) is 0 Å². The molecule has 2 aliphatic rings. The third kappa shape index (κ3) is 2.74. The summed E-state index contributed by atoms with van der Waals surface area (Å²) in [5.41, 5.74) is 2.47. The molecule has 1 aliphatic carbocycles. The maximum Gasteiger partial charge on any atom is 0.306 e. The van der Waals surface area contributed by atoms with Crippen LogP contribution in [0.1, 0.15) is 43.2 Å². The smallest absolute Gasteiger partial charge is 0.306 e. The van der Waals surface area contributed by atoms with Gasteiger partial charge in [0.05, 0.1) is 11.8 Å². The number of benzene rings is 1. The molecule has 118 valence electrons. The van der Waals surface area contributed by atoms with Crippen molar-refractivity contribution in [2.75, 3.05) is 13.1 Å². The number of aryl methyl sites for hydroxylation is 1. The molecule has 1 aliphatic heterocycles. The molecule has 0 bridgehead atoms. The van der Waals surface area contributed by atoms with E-state index in [-0.39, 0.29) is 23.7 Å². The summed E-state index contributed by atoms with van der Waals surface area (Å²) >= 11 is 0. The monoisotopic (exact) mass is 301 g/mol. The predicted octanol–water partition coefficient (Wildman–Crippen LogP) is 2.68. The van der Waals surface area contributed by atoms with Crippen LogP contribution >= 0.6 is 0 Å². The third-order valence-corrected chi connectivity index (χ3v) is 5.20. The minimum Gasteiger partial charge on any atom is -0.481 e. The van der Waals surface area contributed by atoms with E-state index in [0.717, 1.165) is 19.3 Å². The number of likely N-dealkylation sites (tertiary alicyclic amines) is 1. The van der Waals surface area contributed by atoms with E-state index >= 15 is 0 Å². The minimum atomic E-state index is -0.734. The molecule has 0 aromatic heterocycles. The molecule has 1 amide bonds. The molecule has 4 heteroatoms. The zero-order valence-corrected chi connectivity index (χ0v) is 13.0. The predicted molar refractivity (Wildman–Crippen MR) is 83.6 cm³/mol. The highest BCUT2D eigenvalue weighted by molar-refractivity contribution is 5.85. The van der Waals surface area contributed by atoms with Gasteiger partial charge in [0.15, 0.2) is 0 Å². The Hall–Kier alpha value is -1.84. The normalized spacial score (nSPS) is 28.0. The molecular weight excluding hydrogens is 278 g/mol. The summed E-state index contributed by atoms with van der Waals surface area (Å²) in [4.78, 5) is 26.0. The Morgan fingerprint density at radius 1 is 1.23 bits per heavy atom. The number of piperidine rings is 1. The molecule has 1 saturated heterocycles. The Bertz CT molecular complexity index is 583. The number of carboxylic acid groups (broad SMARTS) is 1. The highest BCUT2D eigenvalue weighted by Crippen LogP contribution is 2.34. The lowest BCUT2D eigenvalue weighted by Gasteiger charge is -2.38. The number of carbonyl (C=O) groups excluding carboxylic acids is 1. The average Bonchev–Trinajstić information content (AvgIpc) is 2.53. The molecule has 3 unspecified atom stereocenters. The van der Waals surface area contributed by atoms with Gasteiger partial charge < -0.3 is 10.0 Å². The quantitative estimate of drug-likeness (QED) is 0.913. The van der Waals surface area contributed by atoms with E-state index in [1.165, 1.54) is 11.1 Å². The van der Waals surface area contributed by atoms with Crippen LogP contribution in [0.3, 0.4) is 0 Å². The second-order valence-electron chi connectivity index (χ2n) is 6.64. The van der Waals surface area contributed by atoms with E-state index in [0.29, 0.717) is 19.5 Å². The molecule has 3 atom stereocenters. The summed E-state index contributed by atoms with van der Waals surface area (Å²) < 4.78 is 0. The molecule has 1 aromatic rings. The summed E-state index contributed by atoms with van der Waals surface area (Å²) in [6.45, 7) is 3.07. The lowest BCUT2D eigenvalue weighted by molar-refractivity contribution is -0.148. The van der Waals surface area contributed by atoms with Crippen molar-refractivity contribution in [3.63, 3.8) is 0 Å². The molecule has 1 heterocycles. The largest absolute Gasteiger partial charge is 0.481 e. The van der Waals surface area contributed by atoms with E-state index < -0.39 is 5.97 Å². The SMILES string of the molecule is CC1CN(C(=O)C2CCCc3ccccc32)CCC1C(=O)O. The third-order valence-electron chi connectivity index (χ3n) is 5.20. The summed E-state index contributed by atoms with van der Waals surface area (Å²) in [5.74, 6) is -0.888. The molecular formula is C18H23NO3. The van der Waals surface area contributed by atoms with E-state index in [1.807, 2.05) is 24.0 Å². The number of hydrogen-bond acceptors (Lipinski definition) is 2. The number of amides is 1. The lowest BCUT2D eigenvalue weighted by atomic mass is 9.80. The van der Waals surface area contributed by atoms with Crippen LogP contribution in [-0.4, -0.2) is 35.0 Å². The Balaban J connectivity index is 1.75. The first-order valence-electron chi connectivity index (χ1n) is 8.17. The van der Waals surface area contributed by atoms with Gasteiger partial charge in [0.1, 0.15) is 0 Å². The molecule has 22 heavy (non-hydrogen) atoms. The van der Waals surface area contributed by atoms with E-state index in [4.69, 9.17) is 0 Å². The topological polar surface area (TPSA) is 57.6 Å². The van der Waals surface area contributed by atoms with Crippen molar-refractivity contribution >= 4 is 11.9 Å². The van der Waals surface area contributed by atoms with Crippen molar-refractivity contribution in [3.05, 3.63) is 35.4 Å². The van der Waals surface area contributed by atoms with Gasteiger partial charge in [0.2, 0.25) is 5.91 Å². The summed E-state index contributed by atoms with van der Waals surface area (Å²) in [6, 6.07) is 8.23. The molecule has 1 aromatic carbocycles. The first kappa shape index (κ1) is 15.1. The zero-order valence-electron chi connectivity index (χ0n) is 13.0. The Labute approximate surface area is 131 Å². The van der Waals surface area contributed by atoms with Crippen molar-refractivity contribution in [3.8, 4) is 0 Å². The minimum absolute atomic E-state index is 0.0223. The fourth-order valence-corrected chi connectivity index (χ4v) is 3.94. The highest BCUT2D eigenvalue weighted by atomic mass is 16.4. The maximum absolute atomic E-state index is 12.9. The van der Waals surface area contributed by atoms with Crippen LogP contribution in [0.15, 0.2) is 24.3 Å². The van der Waals surface area contributed by atoms with Gasteiger partial charge in [-0.15, -0.1) is 0 Å². The number of rotatable bonds is 2. The van der Waals surface area contributed by atoms with Crippen LogP contribution in [-0.2, 0) is 16.0 Å². The summed E-state index contributed by atoms with van der Waals surface area (Å²) in [7, 11) is 0. The molecule has 3 rings (SSSR count). The molecule has 0 radical (unpaired) electrons. The zero-order chi connectivity index (χ0) is 15.7. The van der Waals surface area contributed by atoms with Crippen molar-refractivity contribution in [1.82, 2.24) is 4.90 Å². The number of aliphatic carboxylic acids is 1. The number of carboxylic acids is 1. The van der Waals surface area contributed by atoms with Crippen molar-refractivity contribution in [1.29, 1.82) is 0 Å². The Morgan fingerprint density at radius 2 is 2.00 bits per heavy atom. The van der Waals surface area contributed by atoms with Gasteiger partial charge >= 0.3 is 5.97 Å². The van der Waals surface area contributed by atoms with E-state index in [1.54, 1.807) is 0 Å².